The summed E-state index contributed by atoms with van der Waals surface area (Å²) in [5.74, 6) is -1.98. The molecule has 3 rings (SSSR count). The molecule has 0 bridgehead atoms. The molecule has 0 aromatic carbocycles. The highest BCUT2D eigenvalue weighted by molar-refractivity contribution is 9.10. The Hall–Kier alpha value is -2.29. The van der Waals surface area contributed by atoms with Gasteiger partial charge in [-0.2, -0.15) is 0 Å². The smallest absolute Gasteiger partial charge is 0.414 e. The summed E-state index contributed by atoms with van der Waals surface area (Å²) < 4.78 is 36.9. The van der Waals surface area contributed by atoms with Crippen LogP contribution in [0, 0.1) is 11.8 Å². The molecule has 2 unspecified atom stereocenters. The Morgan fingerprint density at radius 3 is 2.62 bits per heavy atom. The van der Waals surface area contributed by atoms with Crippen LogP contribution in [0.2, 0.25) is 0 Å². The molecule has 174 valence electrons. The summed E-state index contributed by atoms with van der Waals surface area (Å²) in [6.45, 7) is 7.20. The molecule has 1 aromatic rings. The van der Waals surface area contributed by atoms with Gasteiger partial charge in [-0.05, 0) is 74.3 Å². The van der Waals surface area contributed by atoms with Crippen LogP contribution in [-0.2, 0) is 14.3 Å². The Morgan fingerprint density at radius 1 is 1.34 bits per heavy atom. The fraction of sp³-hybridized carbons (Fsp3) is 0.522. The average Bonchev–Trinajstić information content (AvgIpc) is 3.47. The van der Waals surface area contributed by atoms with Crippen LogP contribution in [0.5, 0.6) is 0 Å². The number of pyridine rings is 1. The van der Waals surface area contributed by atoms with Gasteiger partial charge in [0, 0.05) is 24.1 Å². The Bertz CT molecular complexity index is 925. The van der Waals surface area contributed by atoms with Crippen molar-refractivity contribution in [2.45, 2.75) is 50.2 Å². The first-order valence-corrected chi connectivity index (χ1v) is 11.3. The van der Waals surface area contributed by atoms with E-state index in [0.717, 1.165) is 11.8 Å². The van der Waals surface area contributed by atoms with Crippen molar-refractivity contribution in [1.29, 1.82) is 0 Å². The molecule has 2 aliphatic carbocycles. The minimum absolute atomic E-state index is 0.0173. The van der Waals surface area contributed by atoms with Gasteiger partial charge in [0.15, 0.2) is 0 Å². The quantitative estimate of drug-likeness (QED) is 0.282. The first kappa shape index (κ1) is 24.4. The molecule has 2 aliphatic rings. The molecule has 0 aliphatic heterocycles. The van der Waals surface area contributed by atoms with Gasteiger partial charge in [0.05, 0.1) is 24.4 Å². The zero-order valence-electron chi connectivity index (χ0n) is 18.5. The molecule has 1 saturated carbocycles. The third-order valence-electron chi connectivity index (χ3n) is 5.07. The Labute approximate surface area is 194 Å². The lowest BCUT2D eigenvalue weighted by molar-refractivity contribution is -0.144. The third kappa shape index (κ3) is 6.15. The van der Waals surface area contributed by atoms with Crippen molar-refractivity contribution in [1.82, 2.24) is 4.98 Å². The van der Waals surface area contributed by atoms with Crippen molar-refractivity contribution in [2.75, 3.05) is 18.1 Å². The summed E-state index contributed by atoms with van der Waals surface area (Å²) in [4.78, 5) is 30.5. The Kier molecular flexibility index (Phi) is 7.07. The SMILES string of the molecule is CCOC(=O)[C@H]1C[C@@H]1c1ccc(N(CC2C=CC(F)(Br)C=C2F)C(=O)OC(C)(C)C)cn1. The summed E-state index contributed by atoms with van der Waals surface area (Å²) in [5.41, 5.74) is 0.374. The number of carbonyl (C=O) groups is 2. The summed E-state index contributed by atoms with van der Waals surface area (Å²) in [7, 11) is 0. The lowest BCUT2D eigenvalue weighted by atomic mass is 10.00. The van der Waals surface area contributed by atoms with E-state index >= 15 is 0 Å². The van der Waals surface area contributed by atoms with Gasteiger partial charge >= 0.3 is 12.1 Å². The number of hydrogen-bond acceptors (Lipinski definition) is 5. The van der Waals surface area contributed by atoms with Crippen LogP contribution >= 0.6 is 15.9 Å². The number of hydrogen-bond donors (Lipinski definition) is 0. The van der Waals surface area contributed by atoms with Gasteiger partial charge in [-0.1, -0.05) is 6.08 Å². The predicted octanol–water partition coefficient (Wildman–Crippen LogP) is 5.59. The van der Waals surface area contributed by atoms with Crippen LogP contribution < -0.4 is 4.90 Å². The lowest BCUT2D eigenvalue weighted by Gasteiger charge is -2.30. The van der Waals surface area contributed by atoms with Gasteiger partial charge in [-0.25, -0.2) is 13.6 Å². The average molecular weight is 513 g/mol. The maximum Gasteiger partial charge on any atom is 0.414 e. The number of ether oxygens (including phenoxy) is 2. The molecule has 1 amide bonds. The second kappa shape index (κ2) is 9.29. The Balaban J connectivity index is 1.79. The number of alkyl halides is 2. The maximum absolute atomic E-state index is 14.5. The summed E-state index contributed by atoms with van der Waals surface area (Å²) in [5, 5.41) is 0. The standard InChI is InChI=1S/C23H27BrF2N2O4/c1-5-31-20(29)17-10-16(17)19-7-6-15(12-27-19)28(21(30)32-22(2,3)4)13-14-8-9-23(24,26)11-18(14)25/h6-9,11-12,14,16-17H,5,10,13H2,1-4H3/t14?,16-,17-,23?/m0/s1. The normalized spacial score (nSPS) is 26.8. The molecule has 9 heteroatoms. The van der Waals surface area contributed by atoms with E-state index in [-0.39, 0.29) is 24.3 Å². The van der Waals surface area contributed by atoms with Crippen molar-refractivity contribution in [3.05, 3.63) is 48.1 Å². The summed E-state index contributed by atoms with van der Waals surface area (Å²) in [6, 6.07) is 3.43. The van der Waals surface area contributed by atoms with Gasteiger partial charge in [-0.15, -0.1) is 0 Å². The summed E-state index contributed by atoms with van der Waals surface area (Å²) in [6.07, 6.45) is 4.89. The van der Waals surface area contributed by atoms with E-state index in [1.54, 1.807) is 39.8 Å². The fourth-order valence-electron chi connectivity index (χ4n) is 3.43. The molecular weight excluding hydrogens is 486 g/mol. The number of allylic oxidation sites excluding steroid dienone is 2. The number of carbonyl (C=O) groups excluding carboxylic acids is 2. The van der Waals surface area contributed by atoms with Crippen LogP contribution in [-0.4, -0.2) is 40.4 Å². The molecular formula is C23H27BrF2N2O4. The monoisotopic (exact) mass is 512 g/mol. The maximum atomic E-state index is 14.5. The second-order valence-corrected chi connectivity index (χ2v) is 10.1. The fourth-order valence-corrected chi connectivity index (χ4v) is 3.80. The van der Waals surface area contributed by atoms with Crippen molar-refractivity contribution < 1.29 is 27.8 Å². The van der Waals surface area contributed by atoms with Crippen LogP contribution in [0.3, 0.4) is 0 Å². The van der Waals surface area contributed by atoms with Crippen LogP contribution in [0.4, 0.5) is 19.3 Å². The van der Waals surface area contributed by atoms with E-state index in [0.29, 0.717) is 18.7 Å². The highest BCUT2D eigenvalue weighted by Gasteiger charge is 2.46. The number of halogens is 3. The molecule has 1 fully saturated rings. The number of aromatic nitrogens is 1. The van der Waals surface area contributed by atoms with Crippen molar-refractivity contribution in [3.63, 3.8) is 0 Å². The molecule has 0 spiro atoms. The first-order valence-electron chi connectivity index (χ1n) is 10.5. The molecule has 1 aromatic heterocycles. The zero-order valence-corrected chi connectivity index (χ0v) is 20.1. The molecule has 6 nitrogen and oxygen atoms in total. The van der Waals surface area contributed by atoms with E-state index in [1.807, 2.05) is 0 Å². The number of anilines is 1. The van der Waals surface area contributed by atoms with Crippen molar-refractivity contribution in [3.8, 4) is 0 Å². The van der Waals surface area contributed by atoms with E-state index in [1.165, 1.54) is 23.2 Å². The highest BCUT2D eigenvalue weighted by Crippen LogP contribution is 2.47. The highest BCUT2D eigenvalue weighted by atomic mass is 79.9. The number of nitrogens with zero attached hydrogens (tertiary/aromatic N) is 2. The van der Waals surface area contributed by atoms with Crippen molar-refractivity contribution in [2.24, 2.45) is 11.8 Å². The van der Waals surface area contributed by atoms with E-state index < -0.39 is 28.0 Å². The minimum Gasteiger partial charge on any atom is -0.466 e. The van der Waals surface area contributed by atoms with Crippen LogP contribution in [0.1, 0.15) is 45.7 Å². The summed E-state index contributed by atoms with van der Waals surface area (Å²) >= 11 is 2.77. The minimum atomic E-state index is -2.05. The van der Waals surface area contributed by atoms with E-state index in [4.69, 9.17) is 9.47 Å². The van der Waals surface area contributed by atoms with E-state index in [2.05, 4.69) is 20.9 Å². The molecule has 1 heterocycles. The molecule has 4 atom stereocenters. The number of amides is 1. The van der Waals surface area contributed by atoms with Gasteiger partial charge < -0.3 is 9.47 Å². The van der Waals surface area contributed by atoms with Gasteiger partial charge in [-0.3, -0.25) is 14.7 Å². The van der Waals surface area contributed by atoms with Crippen LogP contribution in [0.15, 0.2) is 42.4 Å². The van der Waals surface area contributed by atoms with Gasteiger partial charge in [0.25, 0.3) is 0 Å². The van der Waals surface area contributed by atoms with Gasteiger partial charge in [0.1, 0.15) is 11.4 Å². The molecule has 32 heavy (non-hydrogen) atoms. The zero-order chi connectivity index (χ0) is 23.7. The third-order valence-corrected chi connectivity index (χ3v) is 5.56. The molecule has 0 saturated heterocycles. The molecule has 0 radical (unpaired) electrons. The predicted molar refractivity (Wildman–Crippen MR) is 120 cm³/mol. The number of rotatable bonds is 6. The lowest BCUT2D eigenvalue weighted by Crippen LogP contribution is -2.40. The van der Waals surface area contributed by atoms with Crippen LogP contribution in [0.25, 0.3) is 0 Å². The second-order valence-electron chi connectivity index (χ2n) is 8.90. The Morgan fingerprint density at radius 2 is 2.06 bits per heavy atom. The molecule has 0 N–H and O–H groups in total. The first-order chi connectivity index (χ1) is 14.9. The van der Waals surface area contributed by atoms with Crippen molar-refractivity contribution >= 4 is 33.7 Å². The van der Waals surface area contributed by atoms with E-state index in [9.17, 15) is 18.4 Å². The van der Waals surface area contributed by atoms with Gasteiger partial charge in [0.2, 0.25) is 4.58 Å². The topological polar surface area (TPSA) is 68.7 Å². The largest absolute Gasteiger partial charge is 0.466 e. The number of esters is 1.